The Hall–Kier alpha value is -1.56. The predicted octanol–water partition coefficient (Wildman–Crippen LogP) is 1.10. The molecule has 0 aromatic carbocycles. The summed E-state index contributed by atoms with van der Waals surface area (Å²) < 4.78 is 0. The summed E-state index contributed by atoms with van der Waals surface area (Å²) in [6.07, 6.45) is 2.37. The van der Waals surface area contributed by atoms with Gasteiger partial charge in [0.05, 0.1) is 16.9 Å². The number of nitrogens with zero attached hydrogens (tertiary/aromatic N) is 2. The van der Waals surface area contributed by atoms with Crippen molar-refractivity contribution in [2.75, 3.05) is 5.73 Å². The maximum absolute atomic E-state index is 8.58. The van der Waals surface area contributed by atoms with Gasteiger partial charge < -0.3 is 5.73 Å². The molecule has 0 saturated heterocycles. The van der Waals surface area contributed by atoms with Crippen LogP contribution in [0.5, 0.6) is 0 Å². The van der Waals surface area contributed by atoms with E-state index in [1.54, 1.807) is 12.3 Å². The molecule has 0 aliphatic heterocycles. The number of nitrogen functional groups attached to an aromatic ring is 1. The number of aryl methyl sites for hydroxylation is 1. The number of anilines is 1. The molecule has 3 heteroatoms. The van der Waals surface area contributed by atoms with Gasteiger partial charge in [0.2, 0.25) is 0 Å². The SMILES string of the molecule is CCc1nccc(C#N)c1N. The lowest BCUT2D eigenvalue weighted by Gasteiger charge is -2.01. The van der Waals surface area contributed by atoms with Gasteiger partial charge in [-0.15, -0.1) is 0 Å². The van der Waals surface area contributed by atoms with E-state index in [4.69, 9.17) is 11.0 Å². The number of nitriles is 1. The van der Waals surface area contributed by atoms with E-state index < -0.39 is 0 Å². The van der Waals surface area contributed by atoms with Gasteiger partial charge in [-0.25, -0.2) is 0 Å². The standard InChI is InChI=1S/C8H9N3/c1-2-7-8(10)6(5-9)3-4-11-7/h3-4H,2,10H2,1H3. The van der Waals surface area contributed by atoms with Crippen molar-refractivity contribution >= 4 is 5.69 Å². The lowest BCUT2D eigenvalue weighted by atomic mass is 10.1. The average molecular weight is 147 g/mol. The summed E-state index contributed by atoms with van der Waals surface area (Å²) in [5.41, 5.74) is 7.44. The summed E-state index contributed by atoms with van der Waals surface area (Å²) in [7, 11) is 0. The van der Waals surface area contributed by atoms with Crippen LogP contribution in [0.15, 0.2) is 12.3 Å². The van der Waals surface area contributed by atoms with Gasteiger partial charge in [0.25, 0.3) is 0 Å². The maximum atomic E-state index is 8.58. The second kappa shape index (κ2) is 3.02. The van der Waals surface area contributed by atoms with E-state index >= 15 is 0 Å². The quantitative estimate of drug-likeness (QED) is 0.646. The van der Waals surface area contributed by atoms with E-state index in [1.807, 2.05) is 13.0 Å². The van der Waals surface area contributed by atoms with Crippen molar-refractivity contribution < 1.29 is 0 Å². The summed E-state index contributed by atoms with van der Waals surface area (Å²) in [5, 5.41) is 8.58. The van der Waals surface area contributed by atoms with Crippen LogP contribution < -0.4 is 5.73 Å². The van der Waals surface area contributed by atoms with Gasteiger partial charge in [0.15, 0.2) is 0 Å². The lowest BCUT2D eigenvalue weighted by molar-refractivity contribution is 1.04. The third-order valence-corrected chi connectivity index (χ3v) is 1.53. The van der Waals surface area contributed by atoms with Crippen LogP contribution in [0.25, 0.3) is 0 Å². The Morgan fingerprint density at radius 2 is 2.45 bits per heavy atom. The highest BCUT2D eigenvalue weighted by Gasteiger charge is 2.02. The highest BCUT2D eigenvalue weighted by Crippen LogP contribution is 2.13. The third-order valence-electron chi connectivity index (χ3n) is 1.53. The van der Waals surface area contributed by atoms with Crippen LogP contribution in [0.2, 0.25) is 0 Å². The molecule has 1 heterocycles. The first kappa shape index (κ1) is 7.55. The van der Waals surface area contributed by atoms with Gasteiger partial charge in [-0.05, 0) is 12.5 Å². The number of hydrogen-bond acceptors (Lipinski definition) is 3. The van der Waals surface area contributed by atoms with Gasteiger partial charge in [-0.1, -0.05) is 6.92 Å². The van der Waals surface area contributed by atoms with Crippen molar-refractivity contribution in [3.63, 3.8) is 0 Å². The second-order valence-corrected chi connectivity index (χ2v) is 2.18. The Morgan fingerprint density at radius 3 is 3.00 bits per heavy atom. The van der Waals surface area contributed by atoms with E-state index in [-0.39, 0.29) is 0 Å². The maximum Gasteiger partial charge on any atom is 0.101 e. The first-order valence-electron chi connectivity index (χ1n) is 3.43. The summed E-state index contributed by atoms with van der Waals surface area (Å²) in [6.45, 7) is 1.96. The molecule has 1 rings (SSSR count). The van der Waals surface area contributed by atoms with Gasteiger partial charge >= 0.3 is 0 Å². The minimum atomic E-state index is 0.511. The van der Waals surface area contributed by atoms with Crippen molar-refractivity contribution in [1.82, 2.24) is 4.98 Å². The number of nitrogens with two attached hydrogens (primary N) is 1. The molecule has 56 valence electrons. The smallest absolute Gasteiger partial charge is 0.101 e. The zero-order chi connectivity index (χ0) is 8.27. The van der Waals surface area contributed by atoms with E-state index in [9.17, 15) is 0 Å². The second-order valence-electron chi connectivity index (χ2n) is 2.18. The lowest BCUT2D eigenvalue weighted by Crippen LogP contribution is -1.98. The molecule has 0 amide bonds. The molecule has 1 aromatic rings. The molecule has 0 saturated carbocycles. The zero-order valence-electron chi connectivity index (χ0n) is 6.33. The molecular weight excluding hydrogens is 138 g/mol. The van der Waals surface area contributed by atoms with Crippen molar-refractivity contribution in [2.45, 2.75) is 13.3 Å². The minimum absolute atomic E-state index is 0.511. The highest BCUT2D eigenvalue weighted by atomic mass is 14.7. The van der Waals surface area contributed by atoms with Crippen LogP contribution in [0.1, 0.15) is 18.2 Å². The van der Waals surface area contributed by atoms with E-state index in [0.717, 1.165) is 12.1 Å². The molecule has 2 N–H and O–H groups in total. The fourth-order valence-electron chi connectivity index (χ4n) is 0.896. The Kier molecular flexibility index (Phi) is 2.07. The first-order chi connectivity index (χ1) is 5.29. The molecule has 0 aliphatic carbocycles. The van der Waals surface area contributed by atoms with Crippen LogP contribution in [0, 0.1) is 11.3 Å². The summed E-state index contributed by atoms with van der Waals surface area (Å²) >= 11 is 0. The number of hydrogen-bond donors (Lipinski definition) is 1. The summed E-state index contributed by atoms with van der Waals surface area (Å²) in [4.78, 5) is 4.03. The topological polar surface area (TPSA) is 62.7 Å². The fraction of sp³-hybridized carbons (Fsp3) is 0.250. The predicted molar refractivity (Wildman–Crippen MR) is 42.7 cm³/mol. The van der Waals surface area contributed by atoms with Gasteiger partial charge in [0, 0.05) is 6.20 Å². The van der Waals surface area contributed by atoms with Crippen molar-refractivity contribution in [3.05, 3.63) is 23.5 Å². The minimum Gasteiger partial charge on any atom is -0.396 e. The average Bonchev–Trinajstić information content (AvgIpc) is 2.05. The Balaban J connectivity index is 3.23. The molecule has 0 aliphatic rings. The molecule has 3 nitrogen and oxygen atoms in total. The molecule has 0 spiro atoms. The molecule has 11 heavy (non-hydrogen) atoms. The van der Waals surface area contributed by atoms with Gasteiger partial charge in [0.1, 0.15) is 6.07 Å². The zero-order valence-corrected chi connectivity index (χ0v) is 6.33. The van der Waals surface area contributed by atoms with Crippen molar-refractivity contribution in [2.24, 2.45) is 0 Å². The highest BCUT2D eigenvalue weighted by molar-refractivity contribution is 5.56. The summed E-state index contributed by atoms with van der Waals surface area (Å²) in [6, 6.07) is 3.62. The number of aromatic nitrogens is 1. The van der Waals surface area contributed by atoms with Gasteiger partial charge in [-0.2, -0.15) is 5.26 Å². The Bertz CT molecular complexity index is 299. The molecule has 0 atom stereocenters. The van der Waals surface area contributed by atoms with Crippen LogP contribution >= 0.6 is 0 Å². The molecule has 0 radical (unpaired) electrons. The van der Waals surface area contributed by atoms with Crippen molar-refractivity contribution in [1.29, 1.82) is 5.26 Å². The van der Waals surface area contributed by atoms with E-state index in [2.05, 4.69) is 4.98 Å². The van der Waals surface area contributed by atoms with Crippen LogP contribution in [0.4, 0.5) is 5.69 Å². The fourth-order valence-corrected chi connectivity index (χ4v) is 0.896. The Morgan fingerprint density at radius 1 is 1.73 bits per heavy atom. The molecule has 1 aromatic heterocycles. The first-order valence-corrected chi connectivity index (χ1v) is 3.43. The van der Waals surface area contributed by atoms with Crippen molar-refractivity contribution in [3.8, 4) is 6.07 Å². The van der Waals surface area contributed by atoms with Gasteiger partial charge in [-0.3, -0.25) is 4.98 Å². The molecular formula is C8H9N3. The number of rotatable bonds is 1. The molecule has 0 fully saturated rings. The monoisotopic (exact) mass is 147 g/mol. The van der Waals surface area contributed by atoms with Crippen LogP contribution in [-0.4, -0.2) is 4.98 Å². The third kappa shape index (κ3) is 1.30. The van der Waals surface area contributed by atoms with Crippen LogP contribution in [-0.2, 0) is 6.42 Å². The van der Waals surface area contributed by atoms with E-state index in [0.29, 0.717) is 11.3 Å². The van der Waals surface area contributed by atoms with E-state index in [1.165, 1.54) is 0 Å². The summed E-state index contributed by atoms with van der Waals surface area (Å²) in [5.74, 6) is 0. The molecule has 0 unspecified atom stereocenters. The largest absolute Gasteiger partial charge is 0.396 e. The molecule has 0 bridgehead atoms. The normalized spacial score (nSPS) is 9.09. The number of pyridine rings is 1. The Labute approximate surface area is 65.5 Å². The van der Waals surface area contributed by atoms with Crippen LogP contribution in [0.3, 0.4) is 0 Å².